The molecule has 0 amide bonds. The van der Waals surface area contributed by atoms with Gasteiger partial charge in [0.25, 0.3) is 0 Å². The van der Waals surface area contributed by atoms with Crippen molar-refractivity contribution in [3.63, 3.8) is 0 Å². The minimum absolute atomic E-state index is 0.218. The van der Waals surface area contributed by atoms with Crippen molar-refractivity contribution in [1.82, 2.24) is 0 Å². The van der Waals surface area contributed by atoms with Crippen LogP contribution >= 0.6 is 0 Å². The van der Waals surface area contributed by atoms with E-state index in [-0.39, 0.29) is 6.04 Å². The molecule has 0 aromatic heterocycles. The first-order valence-electron chi connectivity index (χ1n) is 5.97. The van der Waals surface area contributed by atoms with Gasteiger partial charge in [-0.1, -0.05) is 55.5 Å². The highest BCUT2D eigenvalue weighted by molar-refractivity contribution is 5.30. The number of hydrogen-bond donors (Lipinski definition) is 1. The van der Waals surface area contributed by atoms with E-state index in [0.29, 0.717) is 0 Å². The molecule has 1 aromatic rings. The lowest BCUT2D eigenvalue weighted by Crippen LogP contribution is -2.10. The van der Waals surface area contributed by atoms with Crippen LogP contribution in [0.5, 0.6) is 0 Å². The van der Waals surface area contributed by atoms with Crippen molar-refractivity contribution in [2.24, 2.45) is 5.73 Å². The van der Waals surface area contributed by atoms with Crippen LogP contribution in [0.1, 0.15) is 55.3 Å². The molecular weight excluding hydrogens is 182 g/mol. The number of aryl methyl sites for hydroxylation is 2. The Bertz CT molecular complexity index is 284. The van der Waals surface area contributed by atoms with Crippen LogP contribution in [0.2, 0.25) is 0 Å². The number of rotatable bonds is 5. The summed E-state index contributed by atoms with van der Waals surface area (Å²) in [6.07, 6.45) is 4.90. The maximum absolute atomic E-state index is 6.17. The summed E-state index contributed by atoms with van der Waals surface area (Å²) in [6.45, 7) is 6.49. The molecule has 84 valence electrons. The molecule has 0 spiro atoms. The fourth-order valence-electron chi connectivity index (χ4n) is 2.00. The van der Waals surface area contributed by atoms with Gasteiger partial charge in [-0.15, -0.1) is 0 Å². The Labute approximate surface area is 93.7 Å². The zero-order valence-corrected chi connectivity index (χ0v) is 10.2. The van der Waals surface area contributed by atoms with Crippen LogP contribution in [-0.4, -0.2) is 0 Å². The zero-order chi connectivity index (χ0) is 11.3. The maximum Gasteiger partial charge on any atom is 0.0295 e. The zero-order valence-electron chi connectivity index (χ0n) is 10.2. The van der Waals surface area contributed by atoms with Crippen LogP contribution in [-0.2, 0) is 0 Å². The molecule has 1 rings (SSSR count). The molecule has 0 unspecified atom stereocenters. The summed E-state index contributed by atoms with van der Waals surface area (Å²) in [5.41, 5.74) is 10.1. The first-order valence-corrected chi connectivity index (χ1v) is 5.97. The number of hydrogen-bond acceptors (Lipinski definition) is 1. The SMILES string of the molecule is CCCCC[C@H](N)c1cc(C)cc(C)c1. The van der Waals surface area contributed by atoms with Gasteiger partial charge < -0.3 is 5.73 Å². The quantitative estimate of drug-likeness (QED) is 0.725. The van der Waals surface area contributed by atoms with Gasteiger partial charge in [0.1, 0.15) is 0 Å². The largest absolute Gasteiger partial charge is 0.324 e. The van der Waals surface area contributed by atoms with Crippen molar-refractivity contribution in [3.05, 3.63) is 34.9 Å². The smallest absolute Gasteiger partial charge is 0.0295 e. The molecule has 0 aliphatic heterocycles. The van der Waals surface area contributed by atoms with Gasteiger partial charge in [0.05, 0.1) is 0 Å². The van der Waals surface area contributed by atoms with Gasteiger partial charge in [-0.25, -0.2) is 0 Å². The molecule has 15 heavy (non-hydrogen) atoms. The molecule has 1 aromatic carbocycles. The van der Waals surface area contributed by atoms with E-state index in [1.165, 1.54) is 36.0 Å². The second-order valence-electron chi connectivity index (χ2n) is 4.52. The number of unbranched alkanes of at least 4 members (excludes halogenated alkanes) is 2. The number of nitrogens with two attached hydrogens (primary N) is 1. The minimum Gasteiger partial charge on any atom is -0.324 e. The summed E-state index contributed by atoms with van der Waals surface area (Å²) in [5.74, 6) is 0. The maximum atomic E-state index is 6.17. The van der Waals surface area contributed by atoms with Crippen LogP contribution in [0, 0.1) is 13.8 Å². The summed E-state index contributed by atoms with van der Waals surface area (Å²) in [6, 6.07) is 6.84. The Morgan fingerprint density at radius 2 is 1.67 bits per heavy atom. The predicted molar refractivity (Wildman–Crippen MR) is 67.0 cm³/mol. The van der Waals surface area contributed by atoms with E-state index >= 15 is 0 Å². The summed E-state index contributed by atoms with van der Waals surface area (Å²) in [5, 5.41) is 0. The molecule has 0 aliphatic carbocycles. The van der Waals surface area contributed by atoms with E-state index in [1.807, 2.05) is 0 Å². The Balaban J connectivity index is 2.60. The van der Waals surface area contributed by atoms with Crippen molar-refractivity contribution in [1.29, 1.82) is 0 Å². The molecule has 1 atom stereocenters. The van der Waals surface area contributed by atoms with Gasteiger partial charge in [-0.3, -0.25) is 0 Å². The lowest BCUT2D eigenvalue weighted by atomic mass is 9.98. The summed E-state index contributed by atoms with van der Waals surface area (Å²) >= 11 is 0. The van der Waals surface area contributed by atoms with Crippen molar-refractivity contribution >= 4 is 0 Å². The van der Waals surface area contributed by atoms with Crippen LogP contribution in [0.15, 0.2) is 18.2 Å². The fourth-order valence-corrected chi connectivity index (χ4v) is 2.00. The molecule has 0 fully saturated rings. The molecule has 0 saturated carbocycles. The average molecular weight is 205 g/mol. The Morgan fingerprint density at radius 3 is 2.20 bits per heavy atom. The van der Waals surface area contributed by atoms with Crippen molar-refractivity contribution in [2.45, 2.75) is 52.5 Å². The van der Waals surface area contributed by atoms with Gasteiger partial charge in [-0.05, 0) is 25.8 Å². The topological polar surface area (TPSA) is 26.0 Å². The lowest BCUT2D eigenvalue weighted by Gasteiger charge is -2.13. The fraction of sp³-hybridized carbons (Fsp3) is 0.571. The second kappa shape index (κ2) is 5.92. The third-order valence-electron chi connectivity index (χ3n) is 2.79. The van der Waals surface area contributed by atoms with Crippen LogP contribution < -0.4 is 5.73 Å². The van der Waals surface area contributed by atoms with Crippen molar-refractivity contribution in [2.75, 3.05) is 0 Å². The lowest BCUT2D eigenvalue weighted by molar-refractivity contribution is 0.581. The highest BCUT2D eigenvalue weighted by Crippen LogP contribution is 2.19. The van der Waals surface area contributed by atoms with Gasteiger partial charge in [-0.2, -0.15) is 0 Å². The van der Waals surface area contributed by atoms with Crippen LogP contribution in [0.25, 0.3) is 0 Å². The Kier molecular flexibility index (Phi) is 4.83. The van der Waals surface area contributed by atoms with E-state index in [9.17, 15) is 0 Å². The molecule has 0 heterocycles. The van der Waals surface area contributed by atoms with Crippen molar-refractivity contribution in [3.8, 4) is 0 Å². The summed E-state index contributed by atoms with van der Waals surface area (Å²) < 4.78 is 0. The van der Waals surface area contributed by atoms with Crippen LogP contribution in [0.3, 0.4) is 0 Å². The summed E-state index contributed by atoms with van der Waals surface area (Å²) in [4.78, 5) is 0. The first kappa shape index (κ1) is 12.3. The molecule has 1 heteroatoms. The highest BCUT2D eigenvalue weighted by Gasteiger charge is 2.06. The third kappa shape index (κ3) is 4.05. The Hall–Kier alpha value is -0.820. The standard InChI is InChI=1S/C14H23N/c1-4-5-6-7-14(15)13-9-11(2)8-12(3)10-13/h8-10,14H,4-7,15H2,1-3H3/t14-/m0/s1. The predicted octanol–water partition coefficient (Wildman–Crippen LogP) is 3.88. The molecule has 1 nitrogen and oxygen atoms in total. The minimum atomic E-state index is 0.218. The third-order valence-corrected chi connectivity index (χ3v) is 2.79. The van der Waals surface area contributed by atoms with Gasteiger partial charge in [0.2, 0.25) is 0 Å². The molecule has 0 aliphatic rings. The van der Waals surface area contributed by atoms with Gasteiger partial charge in [0.15, 0.2) is 0 Å². The van der Waals surface area contributed by atoms with E-state index in [4.69, 9.17) is 5.73 Å². The van der Waals surface area contributed by atoms with Gasteiger partial charge in [0, 0.05) is 6.04 Å². The van der Waals surface area contributed by atoms with Crippen LogP contribution in [0.4, 0.5) is 0 Å². The van der Waals surface area contributed by atoms with Crippen molar-refractivity contribution < 1.29 is 0 Å². The molecule has 0 radical (unpaired) electrons. The number of benzene rings is 1. The molecular formula is C14H23N. The molecule has 0 saturated heterocycles. The van der Waals surface area contributed by atoms with E-state index in [1.54, 1.807) is 0 Å². The molecule has 0 bridgehead atoms. The average Bonchev–Trinajstić information content (AvgIpc) is 2.16. The first-order chi connectivity index (χ1) is 7.13. The van der Waals surface area contributed by atoms with E-state index < -0.39 is 0 Å². The Morgan fingerprint density at radius 1 is 1.07 bits per heavy atom. The monoisotopic (exact) mass is 205 g/mol. The van der Waals surface area contributed by atoms with E-state index in [0.717, 1.165) is 6.42 Å². The normalized spacial score (nSPS) is 12.8. The highest BCUT2D eigenvalue weighted by atomic mass is 14.6. The second-order valence-corrected chi connectivity index (χ2v) is 4.52. The molecule has 2 N–H and O–H groups in total. The van der Waals surface area contributed by atoms with E-state index in [2.05, 4.69) is 39.0 Å². The van der Waals surface area contributed by atoms with Gasteiger partial charge >= 0.3 is 0 Å². The summed E-state index contributed by atoms with van der Waals surface area (Å²) in [7, 11) is 0.